The molecule has 1 fully saturated rings. The van der Waals surface area contributed by atoms with Crippen molar-refractivity contribution in [1.29, 1.82) is 0 Å². The van der Waals surface area contributed by atoms with Crippen molar-refractivity contribution < 1.29 is 9.84 Å². The zero-order chi connectivity index (χ0) is 17.3. The van der Waals surface area contributed by atoms with Gasteiger partial charge in [-0.15, -0.1) is 0 Å². The number of nitrogens with zero attached hydrogens (tertiary/aromatic N) is 3. The molecule has 3 atom stereocenters. The van der Waals surface area contributed by atoms with Crippen molar-refractivity contribution in [1.82, 2.24) is 14.7 Å². The van der Waals surface area contributed by atoms with Crippen LogP contribution < -0.4 is 5.56 Å². The van der Waals surface area contributed by atoms with E-state index < -0.39 is 6.10 Å². The minimum atomic E-state index is -0.645. The Morgan fingerprint density at radius 2 is 1.83 bits per heavy atom. The van der Waals surface area contributed by atoms with E-state index in [4.69, 9.17) is 4.74 Å². The van der Waals surface area contributed by atoms with E-state index in [1.807, 2.05) is 39.0 Å². The summed E-state index contributed by atoms with van der Waals surface area (Å²) < 4.78 is 7.09. The number of β-amino-alcohol motifs (C(OH)–C–C–N with tert-alkyl or cyclic N) is 1. The smallest absolute Gasteiger partial charge is 0.274 e. The lowest BCUT2D eigenvalue weighted by molar-refractivity contribution is -0.0774. The Kier molecular flexibility index (Phi) is 4.99. The van der Waals surface area contributed by atoms with E-state index in [2.05, 4.69) is 10.00 Å². The third-order valence-electron chi connectivity index (χ3n) is 4.40. The Morgan fingerprint density at radius 1 is 1.21 bits per heavy atom. The average Bonchev–Trinajstić information content (AvgIpc) is 2.51. The molecule has 1 aliphatic rings. The summed E-state index contributed by atoms with van der Waals surface area (Å²) in [5.41, 5.74) is 0.644. The molecule has 130 valence electrons. The molecule has 0 spiro atoms. The average molecular weight is 331 g/mol. The zero-order valence-electron chi connectivity index (χ0n) is 14.5. The molecule has 2 heterocycles. The molecule has 24 heavy (non-hydrogen) atoms. The number of fused-ring (bicyclic) bond motifs is 1. The van der Waals surface area contributed by atoms with Crippen LogP contribution in [-0.4, -0.2) is 57.7 Å². The Morgan fingerprint density at radius 3 is 2.50 bits per heavy atom. The lowest BCUT2D eigenvalue weighted by Gasteiger charge is -2.36. The van der Waals surface area contributed by atoms with Crippen LogP contribution in [-0.2, 0) is 11.3 Å². The van der Waals surface area contributed by atoms with E-state index in [-0.39, 0.29) is 24.3 Å². The first-order chi connectivity index (χ1) is 11.4. The first-order valence-electron chi connectivity index (χ1n) is 8.46. The Balaban J connectivity index is 1.75. The summed E-state index contributed by atoms with van der Waals surface area (Å²) in [5, 5.41) is 16.3. The molecule has 1 N–H and O–H groups in total. The molecule has 1 aromatic heterocycles. The maximum Gasteiger partial charge on any atom is 0.274 e. The molecule has 2 aromatic rings. The van der Waals surface area contributed by atoms with E-state index in [1.54, 1.807) is 6.07 Å². The first kappa shape index (κ1) is 17.1. The van der Waals surface area contributed by atoms with Gasteiger partial charge in [0.2, 0.25) is 0 Å². The van der Waals surface area contributed by atoms with Gasteiger partial charge >= 0.3 is 0 Å². The highest BCUT2D eigenvalue weighted by molar-refractivity contribution is 5.83. The van der Waals surface area contributed by atoms with Crippen LogP contribution in [0.4, 0.5) is 0 Å². The summed E-state index contributed by atoms with van der Waals surface area (Å²) in [5.74, 6) is 0. The number of aliphatic hydroxyl groups is 1. The van der Waals surface area contributed by atoms with Gasteiger partial charge in [-0.25, -0.2) is 4.68 Å². The second-order valence-corrected chi connectivity index (χ2v) is 6.75. The summed E-state index contributed by atoms with van der Waals surface area (Å²) in [6.45, 7) is 8.25. The fraction of sp³-hybridized carbons (Fsp3) is 0.556. The van der Waals surface area contributed by atoms with Crippen LogP contribution in [0, 0.1) is 6.92 Å². The quantitative estimate of drug-likeness (QED) is 0.911. The predicted octanol–water partition coefficient (Wildman–Crippen LogP) is 1.18. The number of aryl methyl sites for hydroxylation is 1. The maximum absolute atomic E-state index is 12.6. The normalized spacial score (nSPS) is 23.5. The Labute approximate surface area is 141 Å². The molecule has 6 heteroatoms. The fourth-order valence-corrected chi connectivity index (χ4v) is 3.52. The van der Waals surface area contributed by atoms with Gasteiger partial charge in [-0.2, -0.15) is 5.10 Å². The molecule has 0 radical (unpaired) electrons. The maximum atomic E-state index is 12.6. The Hall–Kier alpha value is -1.76. The monoisotopic (exact) mass is 331 g/mol. The minimum absolute atomic E-state index is 0.154. The van der Waals surface area contributed by atoms with Crippen LogP contribution in [0.25, 0.3) is 10.8 Å². The van der Waals surface area contributed by atoms with Crippen LogP contribution in [0.5, 0.6) is 0 Å². The lowest BCUT2D eigenvalue weighted by Crippen LogP contribution is -2.49. The van der Waals surface area contributed by atoms with Crippen LogP contribution >= 0.6 is 0 Å². The highest BCUT2D eigenvalue weighted by atomic mass is 16.5. The number of hydrogen-bond donors (Lipinski definition) is 1. The largest absolute Gasteiger partial charge is 0.390 e. The molecule has 0 saturated carbocycles. The van der Waals surface area contributed by atoms with Gasteiger partial charge in [0.25, 0.3) is 5.56 Å². The summed E-state index contributed by atoms with van der Waals surface area (Å²) in [6.07, 6.45) is -0.331. The van der Waals surface area contributed by atoms with Gasteiger partial charge in [0.1, 0.15) is 0 Å². The zero-order valence-corrected chi connectivity index (χ0v) is 14.5. The number of morpholine rings is 1. The first-order valence-corrected chi connectivity index (χ1v) is 8.46. The highest BCUT2D eigenvalue weighted by Gasteiger charge is 2.24. The highest BCUT2D eigenvalue weighted by Crippen LogP contribution is 2.13. The predicted molar refractivity (Wildman–Crippen MR) is 93.2 cm³/mol. The van der Waals surface area contributed by atoms with Crippen molar-refractivity contribution in [3.8, 4) is 0 Å². The van der Waals surface area contributed by atoms with Crippen LogP contribution in [0.1, 0.15) is 19.5 Å². The van der Waals surface area contributed by atoms with E-state index in [0.29, 0.717) is 11.9 Å². The van der Waals surface area contributed by atoms with Crippen LogP contribution in [0.15, 0.2) is 29.1 Å². The molecule has 1 aromatic carbocycles. The molecule has 0 aliphatic carbocycles. The summed E-state index contributed by atoms with van der Waals surface area (Å²) in [4.78, 5) is 14.8. The summed E-state index contributed by atoms with van der Waals surface area (Å²) in [6, 6.07) is 7.45. The SMILES string of the molecule is Cc1nn(C[C@H](O)CN2C[C@@H](C)O[C@@H](C)C2)c(=O)c2ccccc12. The van der Waals surface area contributed by atoms with E-state index in [0.717, 1.165) is 24.2 Å². The summed E-state index contributed by atoms with van der Waals surface area (Å²) >= 11 is 0. The van der Waals surface area contributed by atoms with Gasteiger partial charge in [0.05, 0.1) is 35.9 Å². The number of aromatic nitrogens is 2. The number of aliphatic hydroxyl groups excluding tert-OH is 1. The standard InChI is InChI=1S/C18H25N3O3/c1-12-8-20(9-13(2)24-12)10-15(22)11-21-18(23)17-7-5-4-6-16(17)14(3)19-21/h4-7,12-13,15,22H,8-11H2,1-3H3/t12-,13+,15-/m1/s1. The van der Waals surface area contributed by atoms with Gasteiger partial charge in [0, 0.05) is 25.0 Å². The Bertz CT molecular complexity index is 764. The second kappa shape index (κ2) is 7.01. The number of rotatable bonds is 4. The van der Waals surface area contributed by atoms with Crippen molar-refractivity contribution in [2.75, 3.05) is 19.6 Å². The molecule has 0 amide bonds. The molecule has 1 aliphatic heterocycles. The van der Waals surface area contributed by atoms with Crippen molar-refractivity contribution in [3.63, 3.8) is 0 Å². The van der Waals surface area contributed by atoms with E-state index in [9.17, 15) is 9.90 Å². The molecule has 1 saturated heterocycles. The van der Waals surface area contributed by atoms with Crippen LogP contribution in [0.2, 0.25) is 0 Å². The van der Waals surface area contributed by atoms with Crippen molar-refractivity contribution in [3.05, 3.63) is 40.3 Å². The van der Waals surface area contributed by atoms with Crippen molar-refractivity contribution in [2.45, 2.75) is 45.6 Å². The lowest BCUT2D eigenvalue weighted by atomic mass is 10.1. The number of ether oxygens (including phenoxy) is 1. The van der Waals surface area contributed by atoms with Crippen LogP contribution in [0.3, 0.4) is 0 Å². The van der Waals surface area contributed by atoms with E-state index in [1.165, 1.54) is 4.68 Å². The van der Waals surface area contributed by atoms with Crippen molar-refractivity contribution >= 4 is 10.8 Å². The third-order valence-corrected chi connectivity index (χ3v) is 4.40. The van der Waals surface area contributed by atoms with Gasteiger partial charge < -0.3 is 9.84 Å². The number of benzene rings is 1. The fourth-order valence-electron chi connectivity index (χ4n) is 3.52. The molecule has 6 nitrogen and oxygen atoms in total. The topological polar surface area (TPSA) is 67.6 Å². The van der Waals surface area contributed by atoms with Gasteiger partial charge in [-0.1, -0.05) is 18.2 Å². The minimum Gasteiger partial charge on any atom is -0.390 e. The van der Waals surface area contributed by atoms with Gasteiger partial charge in [-0.05, 0) is 26.8 Å². The molecule has 3 rings (SSSR count). The number of hydrogen-bond acceptors (Lipinski definition) is 5. The van der Waals surface area contributed by atoms with Gasteiger partial charge in [0.15, 0.2) is 0 Å². The summed E-state index contributed by atoms with van der Waals surface area (Å²) in [7, 11) is 0. The third kappa shape index (κ3) is 3.66. The van der Waals surface area contributed by atoms with Gasteiger partial charge in [-0.3, -0.25) is 9.69 Å². The van der Waals surface area contributed by atoms with E-state index >= 15 is 0 Å². The molecular formula is C18H25N3O3. The second-order valence-electron chi connectivity index (χ2n) is 6.75. The molecule has 0 unspecified atom stereocenters. The molecular weight excluding hydrogens is 306 g/mol. The molecule has 0 bridgehead atoms. The van der Waals surface area contributed by atoms with Crippen molar-refractivity contribution in [2.24, 2.45) is 0 Å².